The number of hydrogen-bond donors (Lipinski definition) is 2. The van der Waals surface area contributed by atoms with Crippen molar-refractivity contribution < 1.29 is 14.6 Å². The normalized spacial score (nSPS) is 13.8. The third-order valence-corrected chi connectivity index (χ3v) is 6.07. The molecule has 0 saturated carbocycles. The van der Waals surface area contributed by atoms with Crippen molar-refractivity contribution in [3.8, 4) is 11.1 Å². The van der Waals surface area contributed by atoms with E-state index in [1.54, 1.807) is 0 Å². The van der Waals surface area contributed by atoms with Crippen LogP contribution in [-0.4, -0.2) is 26.2 Å². The first kappa shape index (κ1) is 25.8. The zero-order chi connectivity index (χ0) is 25.0. The molecule has 2 atom stereocenters. The molecule has 2 unspecified atom stereocenters. The molecule has 2 aromatic heterocycles. The first-order valence-electron chi connectivity index (χ1n) is 12.2. The number of hydrogen-bond acceptors (Lipinski definition) is 3. The first-order chi connectivity index (χ1) is 16.0. The molecule has 3 aromatic rings. The van der Waals surface area contributed by atoms with Crippen molar-refractivity contribution in [2.24, 2.45) is 5.92 Å². The fourth-order valence-corrected chi connectivity index (χ4v) is 4.45. The topological polar surface area (TPSA) is 84.3 Å². The summed E-state index contributed by atoms with van der Waals surface area (Å²) in [5, 5.41) is 10.8. The molecule has 0 radical (unpaired) electrons. The largest absolute Gasteiger partial charge is 0.479 e. The van der Waals surface area contributed by atoms with Crippen molar-refractivity contribution in [2.45, 2.75) is 85.5 Å². The standard InChI is InChI=1S/C28H38N2O4/c1-7-8-9-10-19(3)17-30-16-15-21-22(20-13-11-18(2)12-14-20)23(29-26(31)24(21)30)25(27(32)33)34-28(4,5)6/h11-16,19,25H,7-10,17H2,1-6H3,(H,29,31)(H,32,33). The van der Waals surface area contributed by atoms with Gasteiger partial charge in [0, 0.05) is 23.7 Å². The number of aromatic amines is 1. The second kappa shape index (κ2) is 10.6. The molecule has 0 saturated heterocycles. The van der Waals surface area contributed by atoms with Gasteiger partial charge in [-0.15, -0.1) is 0 Å². The van der Waals surface area contributed by atoms with Gasteiger partial charge in [0.2, 0.25) is 0 Å². The van der Waals surface area contributed by atoms with Crippen LogP contribution in [0.2, 0.25) is 0 Å². The summed E-state index contributed by atoms with van der Waals surface area (Å²) in [6.07, 6.45) is 5.32. The molecule has 184 valence electrons. The summed E-state index contributed by atoms with van der Waals surface area (Å²) in [7, 11) is 0. The highest BCUT2D eigenvalue weighted by molar-refractivity contribution is 5.97. The lowest BCUT2D eigenvalue weighted by Crippen LogP contribution is -2.30. The third-order valence-electron chi connectivity index (χ3n) is 6.07. The molecule has 6 nitrogen and oxygen atoms in total. The summed E-state index contributed by atoms with van der Waals surface area (Å²) in [4.78, 5) is 28.5. The van der Waals surface area contributed by atoms with Crippen LogP contribution in [0.15, 0.2) is 41.3 Å². The maximum Gasteiger partial charge on any atom is 0.339 e. The average Bonchev–Trinajstić information content (AvgIpc) is 3.16. The fraction of sp³-hybridized carbons (Fsp3) is 0.500. The highest BCUT2D eigenvalue weighted by Crippen LogP contribution is 2.36. The quantitative estimate of drug-likeness (QED) is 0.336. The van der Waals surface area contributed by atoms with Crippen molar-refractivity contribution in [3.63, 3.8) is 0 Å². The van der Waals surface area contributed by atoms with Gasteiger partial charge in [-0.2, -0.15) is 0 Å². The molecule has 0 aliphatic carbocycles. The second-order valence-electron chi connectivity index (χ2n) is 10.4. The Hall–Kier alpha value is -2.86. The first-order valence-corrected chi connectivity index (χ1v) is 12.2. The molecule has 1 aromatic carbocycles. The number of aromatic nitrogens is 2. The zero-order valence-corrected chi connectivity index (χ0v) is 21.3. The van der Waals surface area contributed by atoms with E-state index in [4.69, 9.17) is 4.74 Å². The van der Waals surface area contributed by atoms with Gasteiger partial charge >= 0.3 is 5.97 Å². The van der Waals surface area contributed by atoms with Gasteiger partial charge in [-0.3, -0.25) is 4.79 Å². The number of nitrogens with zero attached hydrogens (tertiary/aromatic N) is 1. The van der Waals surface area contributed by atoms with E-state index in [2.05, 4.69) is 18.8 Å². The van der Waals surface area contributed by atoms with Gasteiger partial charge in [-0.25, -0.2) is 4.79 Å². The zero-order valence-electron chi connectivity index (χ0n) is 21.3. The lowest BCUT2D eigenvalue weighted by Gasteiger charge is -2.26. The van der Waals surface area contributed by atoms with Crippen molar-refractivity contribution in [2.75, 3.05) is 0 Å². The number of pyridine rings is 1. The molecule has 3 rings (SSSR count). The molecule has 0 bridgehead atoms. The van der Waals surface area contributed by atoms with Crippen LogP contribution in [-0.2, 0) is 16.1 Å². The van der Waals surface area contributed by atoms with Crippen LogP contribution in [0.25, 0.3) is 22.0 Å². The van der Waals surface area contributed by atoms with E-state index in [1.807, 2.05) is 68.8 Å². The minimum atomic E-state index is -1.30. The summed E-state index contributed by atoms with van der Waals surface area (Å²) in [6.45, 7) is 12.6. The number of aliphatic carboxylic acids is 1. The molecule has 0 fully saturated rings. The lowest BCUT2D eigenvalue weighted by atomic mass is 9.96. The van der Waals surface area contributed by atoms with Crippen LogP contribution in [0.4, 0.5) is 0 Å². The average molecular weight is 467 g/mol. The number of nitrogens with one attached hydrogen (secondary N) is 1. The molecular weight excluding hydrogens is 428 g/mol. The van der Waals surface area contributed by atoms with Crippen molar-refractivity contribution in [3.05, 3.63) is 58.1 Å². The third kappa shape index (κ3) is 5.98. The number of fused-ring (bicyclic) bond motifs is 1. The van der Waals surface area contributed by atoms with E-state index in [1.165, 1.54) is 19.3 Å². The van der Waals surface area contributed by atoms with Crippen LogP contribution >= 0.6 is 0 Å². The number of carbonyl (C=O) groups is 1. The van der Waals surface area contributed by atoms with Gasteiger partial charge in [0.05, 0.1) is 11.3 Å². The number of aryl methyl sites for hydroxylation is 1. The number of unbranched alkanes of at least 4 members (excludes halogenated alkanes) is 2. The fourth-order valence-electron chi connectivity index (χ4n) is 4.45. The SMILES string of the molecule is CCCCCC(C)Cn1ccc2c(-c3ccc(C)cc3)c(C(OC(C)(C)C)C(=O)O)[nH]c(=O)c21. The smallest absolute Gasteiger partial charge is 0.339 e. The van der Waals surface area contributed by atoms with E-state index >= 15 is 0 Å². The number of carboxylic acid groups (broad SMARTS) is 1. The van der Waals surface area contributed by atoms with Gasteiger partial charge < -0.3 is 19.4 Å². The van der Waals surface area contributed by atoms with Crippen LogP contribution in [0.3, 0.4) is 0 Å². The number of carboxylic acids is 1. The predicted molar refractivity (Wildman–Crippen MR) is 137 cm³/mol. The maximum atomic E-state index is 13.3. The van der Waals surface area contributed by atoms with Gasteiger partial charge in [0.15, 0.2) is 6.10 Å². The summed E-state index contributed by atoms with van der Waals surface area (Å²) in [5.41, 5.74) is 2.49. The summed E-state index contributed by atoms with van der Waals surface area (Å²) >= 11 is 0. The molecule has 2 heterocycles. The van der Waals surface area contributed by atoms with E-state index in [0.29, 0.717) is 17.0 Å². The van der Waals surface area contributed by atoms with Crippen molar-refractivity contribution in [1.82, 2.24) is 9.55 Å². The number of rotatable bonds is 10. The van der Waals surface area contributed by atoms with Crippen molar-refractivity contribution in [1.29, 1.82) is 0 Å². The molecule has 0 aliphatic rings. The van der Waals surface area contributed by atoms with Crippen molar-refractivity contribution >= 4 is 16.9 Å². The van der Waals surface area contributed by atoms with Gasteiger partial charge in [0.1, 0.15) is 5.52 Å². The highest BCUT2D eigenvalue weighted by atomic mass is 16.5. The molecule has 2 N–H and O–H groups in total. The Kier molecular flexibility index (Phi) is 8.03. The summed E-state index contributed by atoms with van der Waals surface area (Å²) in [5.74, 6) is -0.706. The van der Waals surface area contributed by atoms with Crippen LogP contribution in [0, 0.1) is 12.8 Å². The minimum Gasteiger partial charge on any atom is -0.479 e. The van der Waals surface area contributed by atoms with E-state index in [-0.39, 0.29) is 11.3 Å². The Morgan fingerprint density at radius 2 is 1.82 bits per heavy atom. The Morgan fingerprint density at radius 3 is 2.41 bits per heavy atom. The Bertz CT molecular complexity index is 1180. The number of ether oxygens (including phenoxy) is 1. The molecule has 0 aliphatic heterocycles. The molecule has 0 amide bonds. The Morgan fingerprint density at radius 1 is 1.15 bits per heavy atom. The van der Waals surface area contributed by atoms with E-state index in [9.17, 15) is 14.7 Å². The van der Waals surface area contributed by atoms with Gasteiger partial charge in [-0.1, -0.05) is 62.9 Å². The number of H-pyrrole nitrogens is 1. The molecule has 34 heavy (non-hydrogen) atoms. The van der Waals surface area contributed by atoms with Crippen LogP contribution < -0.4 is 5.56 Å². The van der Waals surface area contributed by atoms with Crippen LogP contribution in [0.5, 0.6) is 0 Å². The number of benzene rings is 1. The van der Waals surface area contributed by atoms with Gasteiger partial charge in [-0.05, 0) is 51.7 Å². The summed E-state index contributed by atoms with van der Waals surface area (Å²) < 4.78 is 7.93. The lowest BCUT2D eigenvalue weighted by molar-refractivity contribution is -0.161. The van der Waals surface area contributed by atoms with E-state index in [0.717, 1.165) is 29.5 Å². The second-order valence-corrected chi connectivity index (χ2v) is 10.4. The maximum absolute atomic E-state index is 13.3. The highest BCUT2D eigenvalue weighted by Gasteiger charge is 2.32. The van der Waals surface area contributed by atoms with E-state index < -0.39 is 17.7 Å². The predicted octanol–water partition coefficient (Wildman–Crippen LogP) is 6.46. The molecular formula is C28H38N2O4. The minimum absolute atomic E-state index is 0.275. The Balaban J connectivity index is 2.19. The monoisotopic (exact) mass is 466 g/mol. The molecule has 0 spiro atoms. The summed E-state index contributed by atoms with van der Waals surface area (Å²) in [6, 6.07) is 9.84. The van der Waals surface area contributed by atoms with Gasteiger partial charge in [0.25, 0.3) is 5.56 Å². The van der Waals surface area contributed by atoms with Crippen LogP contribution in [0.1, 0.15) is 77.7 Å². The molecule has 6 heteroatoms. The Labute approximate surface area is 202 Å².